The summed E-state index contributed by atoms with van der Waals surface area (Å²) in [7, 11) is 1.89. The number of fused-ring (bicyclic) bond motifs is 1. The minimum absolute atomic E-state index is 0.0211. The number of piperidine rings is 1. The maximum Gasteiger partial charge on any atom is 0.246 e. The van der Waals surface area contributed by atoms with Gasteiger partial charge in [-0.05, 0) is 69.0 Å². The SMILES string of the molecule is CN(C(=O)/C=C/c1ccoc1)[C@@H]1CC[C@@]2(O)CN(CC3CC3)CC[C@@H]2C1. The Bertz CT molecular complexity index is 652. The van der Waals surface area contributed by atoms with Gasteiger partial charge in [0.1, 0.15) is 0 Å². The summed E-state index contributed by atoms with van der Waals surface area (Å²) in [6.45, 7) is 3.07. The summed E-state index contributed by atoms with van der Waals surface area (Å²) < 4.78 is 5.02. The molecule has 3 fully saturated rings. The number of nitrogens with zero attached hydrogens (tertiary/aromatic N) is 2. The number of furan rings is 1. The van der Waals surface area contributed by atoms with Crippen molar-refractivity contribution in [3.05, 3.63) is 30.2 Å². The van der Waals surface area contributed by atoms with Crippen LogP contribution in [0.15, 0.2) is 29.1 Å². The number of likely N-dealkylation sites (N-methyl/N-ethyl adjacent to an activating group) is 1. The molecule has 5 nitrogen and oxygen atoms in total. The van der Waals surface area contributed by atoms with Crippen molar-refractivity contribution in [1.82, 2.24) is 9.80 Å². The zero-order chi connectivity index (χ0) is 18.1. The van der Waals surface area contributed by atoms with Crippen molar-refractivity contribution in [2.24, 2.45) is 11.8 Å². The van der Waals surface area contributed by atoms with E-state index in [4.69, 9.17) is 4.42 Å². The van der Waals surface area contributed by atoms with Crippen molar-refractivity contribution in [2.45, 2.75) is 50.2 Å². The number of hydrogen-bond donors (Lipinski definition) is 1. The molecule has 0 aromatic carbocycles. The van der Waals surface area contributed by atoms with Gasteiger partial charge < -0.3 is 19.3 Å². The van der Waals surface area contributed by atoms with E-state index in [0.29, 0.717) is 5.92 Å². The van der Waals surface area contributed by atoms with Gasteiger partial charge in [-0.1, -0.05) is 0 Å². The summed E-state index contributed by atoms with van der Waals surface area (Å²) in [6.07, 6.45) is 13.0. The molecule has 3 atom stereocenters. The first-order valence-corrected chi connectivity index (χ1v) is 9.95. The summed E-state index contributed by atoms with van der Waals surface area (Å²) in [5.41, 5.74) is 0.341. The lowest BCUT2D eigenvalue weighted by atomic mass is 9.69. The largest absolute Gasteiger partial charge is 0.472 e. The molecule has 2 heterocycles. The molecule has 3 aliphatic rings. The van der Waals surface area contributed by atoms with E-state index in [2.05, 4.69) is 4.90 Å². The lowest BCUT2D eigenvalue weighted by Crippen LogP contribution is -2.58. The molecule has 142 valence electrons. The minimum Gasteiger partial charge on any atom is -0.472 e. The standard InChI is InChI=1S/C21H30N2O3/c1-22(20(24)5-4-17-8-11-26-14-17)19-6-9-21(25)15-23(13-16-2-3-16)10-7-18(21)12-19/h4-5,8,11,14,16,18-19,25H,2-3,6-7,9-10,12-13,15H2,1H3/b5-4+/t18-,19-,21-/m1/s1. The van der Waals surface area contributed by atoms with Crippen LogP contribution >= 0.6 is 0 Å². The molecule has 2 aliphatic carbocycles. The van der Waals surface area contributed by atoms with Gasteiger partial charge in [-0.15, -0.1) is 0 Å². The fourth-order valence-electron chi connectivity index (χ4n) is 4.69. The van der Waals surface area contributed by atoms with Gasteiger partial charge in [0.15, 0.2) is 0 Å². The topological polar surface area (TPSA) is 56.9 Å². The Morgan fingerprint density at radius 3 is 3.00 bits per heavy atom. The maximum atomic E-state index is 12.5. The summed E-state index contributed by atoms with van der Waals surface area (Å²) >= 11 is 0. The highest BCUT2D eigenvalue weighted by atomic mass is 16.3. The van der Waals surface area contributed by atoms with Gasteiger partial charge >= 0.3 is 0 Å². The minimum atomic E-state index is -0.555. The third-order valence-corrected chi connectivity index (χ3v) is 6.59. The molecule has 0 spiro atoms. The second-order valence-corrected chi connectivity index (χ2v) is 8.54. The van der Waals surface area contributed by atoms with E-state index in [9.17, 15) is 9.90 Å². The second-order valence-electron chi connectivity index (χ2n) is 8.54. The molecule has 0 bridgehead atoms. The zero-order valence-corrected chi connectivity index (χ0v) is 15.6. The molecule has 4 rings (SSSR count). The van der Waals surface area contributed by atoms with Crippen LogP contribution in [0, 0.1) is 11.8 Å². The lowest BCUT2D eigenvalue weighted by molar-refractivity contribution is -0.136. The lowest BCUT2D eigenvalue weighted by Gasteiger charge is -2.50. The van der Waals surface area contributed by atoms with Gasteiger partial charge in [0.25, 0.3) is 0 Å². The predicted molar refractivity (Wildman–Crippen MR) is 100 cm³/mol. The van der Waals surface area contributed by atoms with Crippen LogP contribution in [-0.4, -0.2) is 59.1 Å². The van der Waals surface area contributed by atoms with Gasteiger partial charge in [0, 0.05) is 37.8 Å². The van der Waals surface area contributed by atoms with Crippen LogP contribution < -0.4 is 0 Å². The van der Waals surface area contributed by atoms with Crippen LogP contribution in [0.25, 0.3) is 6.08 Å². The van der Waals surface area contributed by atoms with Crippen LogP contribution in [0.2, 0.25) is 0 Å². The Kier molecular flexibility index (Phi) is 4.93. The molecule has 1 aromatic heterocycles. The maximum absolute atomic E-state index is 12.5. The quantitative estimate of drug-likeness (QED) is 0.823. The first-order valence-electron chi connectivity index (χ1n) is 9.95. The molecule has 5 heteroatoms. The number of rotatable bonds is 5. The molecule has 26 heavy (non-hydrogen) atoms. The number of carbonyl (C=O) groups is 1. The normalized spacial score (nSPS) is 32.5. The van der Waals surface area contributed by atoms with E-state index >= 15 is 0 Å². The molecule has 2 saturated carbocycles. The number of carbonyl (C=O) groups excluding carboxylic acids is 1. The van der Waals surface area contributed by atoms with Gasteiger partial charge in [-0.2, -0.15) is 0 Å². The van der Waals surface area contributed by atoms with Crippen LogP contribution in [0.1, 0.15) is 44.1 Å². The molecular weight excluding hydrogens is 328 g/mol. The Morgan fingerprint density at radius 2 is 2.27 bits per heavy atom. The Hall–Kier alpha value is -1.59. The fraction of sp³-hybridized carbons (Fsp3) is 0.667. The van der Waals surface area contributed by atoms with Crippen molar-refractivity contribution in [1.29, 1.82) is 0 Å². The number of β-amino-alcohol motifs (C(OH)–C–C–N with tert-alkyl or cyclic N) is 1. The number of aliphatic hydroxyl groups is 1. The van der Waals surface area contributed by atoms with E-state index < -0.39 is 5.60 Å². The van der Waals surface area contributed by atoms with Crippen molar-refractivity contribution in [3.8, 4) is 0 Å². The van der Waals surface area contributed by atoms with Crippen LogP contribution in [0.5, 0.6) is 0 Å². The third kappa shape index (κ3) is 3.89. The van der Waals surface area contributed by atoms with Crippen molar-refractivity contribution < 1.29 is 14.3 Å². The fourth-order valence-corrected chi connectivity index (χ4v) is 4.69. The molecule has 0 radical (unpaired) electrons. The van der Waals surface area contributed by atoms with Crippen molar-refractivity contribution >= 4 is 12.0 Å². The van der Waals surface area contributed by atoms with Gasteiger partial charge in [0.05, 0.1) is 18.1 Å². The number of hydrogen-bond acceptors (Lipinski definition) is 4. The summed E-state index contributed by atoms with van der Waals surface area (Å²) in [4.78, 5) is 16.8. The number of likely N-dealkylation sites (tertiary alicyclic amines) is 1. The second kappa shape index (κ2) is 7.20. The van der Waals surface area contributed by atoms with E-state index in [1.807, 2.05) is 18.0 Å². The van der Waals surface area contributed by atoms with Crippen molar-refractivity contribution in [3.63, 3.8) is 0 Å². The molecule has 1 saturated heterocycles. The smallest absolute Gasteiger partial charge is 0.246 e. The average molecular weight is 358 g/mol. The van der Waals surface area contributed by atoms with E-state index in [0.717, 1.165) is 56.8 Å². The molecule has 1 aliphatic heterocycles. The van der Waals surface area contributed by atoms with E-state index in [1.54, 1.807) is 24.7 Å². The molecular formula is C21H30N2O3. The van der Waals surface area contributed by atoms with Crippen LogP contribution in [-0.2, 0) is 4.79 Å². The summed E-state index contributed by atoms with van der Waals surface area (Å²) in [5, 5.41) is 11.2. The molecule has 1 N–H and O–H groups in total. The molecule has 1 amide bonds. The first-order chi connectivity index (χ1) is 12.5. The Labute approximate surface area is 155 Å². The highest BCUT2D eigenvalue weighted by Gasteiger charge is 2.47. The van der Waals surface area contributed by atoms with Crippen molar-refractivity contribution in [2.75, 3.05) is 26.7 Å². The first kappa shape index (κ1) is 17.8. The summed E-state index contributed by atoms with van der Waals surface area (Å²) in [5.74, 6) is 1.20. The average Bonchev–Trinajstić information content (AvgIpc) is 3.29. The predicted octanol–water partition coefficient (Wildman–Crippen LogP) is 2.77. The monoisotopic (exact) mass is 358 g/mol. The Morgan fingerprint density at radius 1 is 1.42 bits per heavy atom. The molecule has 0 unspecified atom stereocenters. The van der Waals surface area contributed by atoms with Crippen LogP contribution in [0.3, 0.4) is 0 Å². The van der Waals surface area contributed by atoms with Crippen LogP contribution in [0.4, 0.5) is 0 Å². The zero-order valence-electron chi connectivity index (χ0n) is 15.6. The Balaban J connectivity index is 1.33. The summed E-state index contributed by atoms with van der Waals surface area (Å²) in [6, 6.07) is 2.05. The van der Waals surface area contributed by atoms with Gasteiger partial charge in [-0.25, -0.2) is 0 Å². The third-order valence-electron chi connectivity index (χ3n) is 6.59. The highest BCUT2D eigenvalue weighted by Crippen LogP contribution is 2.42. The van der Waals surface area contributed by atoms with Gasteiger partial charge in [0.2, 0.25) is 5.91 Å². The number of amides is 1. The van der Waals surface area contributed by atoms with E-state index in [1.165, 1.54) is 12.8 Å². The molecule has 1 aromatic rings. The van der Waals surface area contributed by atoms with Gasteiger partial charge in [-0.3, -0.25) is 4.79 Å². The van der Waals surface area contributed by atoms with E-state index in [-0.39, 0.29) is 11.9 Å². The highest BCUT2D eigenvalue weighted by molar-refractivity contribution is 5.91.